The van der Waals surface area contributed by atoms with Gasteiger partial charge in [0.05, 0.1) is 16.6 Å². The summed E-state index contributed by atoms with van der Waals surface area (Å²) in [6, 6.07) is 19.6. The summed E-state index contributed by atoms with van der Waals surface area (Å²) < 4.78 is 0. The maximum absolute atomic E-state index is 6.88. The second-order valence-corrected chi connectivity index (χ2v) is 11.7. The molecule has 2 aromatic rings. The number of fused-ring (bicyclic) bond motifs is 1. The van der Waals surface area contributed by atoms with Crippen molar-refractivity contribution in [2.45, 2.75) is 70.9 Å². The fourth-order valence-corrected chi connectivity index (χ4v) is 6.87. The Bertz CT molecular complexity index is 1130. The molecule has 0 radical (unpaired) electrons. The average Bonchev–Trinajstić information content (AvgIpc) is 3.19. The lowest BCUT2D eigenvalue weighted by Gasteiger charge is -2.45. The normalized spacial score (nSPS) is 21.5. The number of benzene rings is 2. The Kier molecular flexibility index (Phi) is 7.21. The highest BCUT2D eigenvalue weighted by atomic mass is 32.2. The molecule has 1 fully saturated rings. The summed E-state index contributed by atoms with van der Waals surface area (Å²) in [6.07, 6.45) is 2.92. The topological polar surface area (TPSA) is 44.9 Å². The molecule has 0 aromatic heterocycles. The predicted octanol–water partition coefficient (Wildman–Crippen LogP) is 6.95. The first-order chi connectivity index (χ1) is 16.6. The van der Waals surface area contributed by atoms with E-state index in [4.69, 9.17) is 10.7 Å². The Morgan fingerprint density at radius 1 is 1.11 bits per heavy atom. The van der Waals surface area contributed by atoms with Gasteiger partial charge in [-0.2, -0.15) is 0 Å². The zero-order valence-corrected chi connectivity index (χ0v) is 23.0. The van der Waals surface area contributed by atoms with E-state index in [2.05, 4.69) is 113 Å². The molecule has 2 aromatic carbocycles. The van der Waals surface area contributed by atoms with E-state index in [1.807, 2.05) is 0 Å². The minimum atomic E-state index is -0.117. The number of aliphatic imine (C=N–C) groups is 1. The molecule has 2 aliphatic heterocycles. The van der Waals surface area contributed by atoms with Crippen molar-refractivity contribution in [3.8, 4) is 0 Å². The standard InChI is InChI=1S/C30H40N4S/c1-8-30(9-2,24-17-15-21(3)16-18-24)22(4)35-27(31)25-20-33(7)34-28(25)32-26(19-29(34,5)6)23-13-11-10-12-14-23/h10-18,26H,4,8-9,19-20,31H2,1-3,5-7H3. The van der Waals surface area contributed by atoms with E-state index < -0.39 is 0 Å². The molecule has 2 N–H and O–H groups in total. The summed E-state index contributed by atoms with van der Waals surface area (Å²) in [5, 5.41) is 5.41. The lowest BCUT2D eigenvalue weighted by molar-refractivity contribution is 0.000474. The molecule has 4 nitrogen and oxygen atoms in total. The third-order valence-electron chi connectivity index (χ3n) is 7.80. The Morgan fingerprint density at radius 2 is 1.74 bits per heavy atom. The van der Waals surface area contributed by atoms with Gasteiger partial charge < -0.3 is 5.73 Å². The van der Waals surface area contributed by atoms with Gasteiger partial charge in [-0.3, -0.25) is 10.0 Å². The molecule has 2 heterocycles. The maximum atomic E-state index is 6.88. The lowest BCUT2D eigenvalue weighted by Crippen LogP contribution is -2.54. The summed E-state index contributed by atoms with van der Waals surface area (Å²) >= 11 is 1.64. The molecule has 1 atom stereocenters. The second kappa shape index (κ2) is 9.87. The molecular weight excluding hydrogens is 448 g/mol. The molecule has 1 saturated heterocycles. The molecule has 0 bridgehead atoms. The minimum Gasteiger partial charge on any atom is -0.393 e. The number of nitrogens with zero attached hydrogens (tertiary/aromatic N) is 3. The molecule has 4 rings (SSSR count). The van der Waals surface area contributed by atoms with Crippen molar-refractivity contribution >= 4 is 17.6 Å². The molecular formula is C30H40N4S. The van der Waals surface area contributed by atoms with Crippen LogP contribution in [0.1, 0.15) is 69.7 Å². The van der Waals surface area contributed by atoms with Crippen LogP contribution in [0, 0.1) is 6.92 Å². The quantitative estimate of drug-likeness (QED) is 0.458. The van der Waals surface area contributed by atoms with Gasteiger partial charge >= 0.3 is 0 Å². The summed E-state index contributed by atoms with van der Waals surface area (Å²) in [5.41, 5.74) is 11.7. The van der Waals surface area contributed by atoms with Crippen LogP contribution in [0.4, 0.5) is 0 Å². The van der Waals surface area contributed by atoms with Gasteiger partial charge in [0.1, 0.15) is 5.84 Å². The van der Waals surface area contributed by atoms with E-state index in [0.717, 1.165) is 47.2 Å². The van der Waals surface area contributed by atoms with E-state index in [1.54, 1.807) is 11.8 Å². The third-order valence-corrected chi connectivity index (χ3v) is 8.91. The summed E-state index contributed by atoms with van der Waals surface area (Å²) in [7, 11) is 2.13. The smallest absolute Gasteiger partial charge is 0.146 e. The molecule has 1 unspecified atom stereocenters. The van der Waals surface area contributed by atoms with Gasteiger partial charge in [0.25, 0.3) is 0 Å². The lowest BCUT2D eigenvalue weighted by atomic mass is 9.75. The number of aryl methyl sites for hydroxylation is 1. The van der Waals surface area contributed by atoms with Gasteiger partial charge in [-0.1, -0.05) is 92.3 Å². The first-order valence-electron chi connectivity index (χ1n) is 12.7. The zero-order chi connectivity index (χ0) is 25.4. The fraction of sp³-hybridized carbons (Fsp3) is 0.433. The van der Waals surface area contributed by atoms with E-state index >= 15 is 0 Å². The number of allylic oxidation sites excluding steroid dienone is 1. The zero-order valence-electron chi connectivity index (χ0n) is 22.1. The minimum absolute atomic E-state index is 0.0610. The van der Waals surface area contributed by atoms with Gasteiger partial charge in [0.15, 0.2) is 0 Å². The Morgan fingerprint density at radius 3 is 2.34 bits per heavy atom. The first-order valence-corrected chi connectivity index (χ1v) is 13.5. The number of thioether (sulfide) groups is 1. The van der Waals surface area contributed by atoms with Crippen LogP contribution >= 0.6 is 11.8 Å². The molecule has 186 valence electrons. The van der Waals surface area contributed by atoms with Crippen LogP contribution in [0.2, 0.25) is 0 Å². The molecule has 0 amide bonds. The van der Waals surface area contributed by atoms with Gasteiger partial charge in [-0.25, -0.2) is 5.01 Å². The molecule has 0 spiro atoms. The van der Waals surface area contributed by atoms with Crippen molar-refractivity contribution in [2.75, 3.05) is 13.6 Å². The van der Waals surface area contributed by atoms with Crippen LogP contribution in [-0.4, -0.2) is 35.0 Å². The Hall–Kier alpha value is -2.50. The highest BCUT2D eigenvalue weighted by molar-refractivity contribution is 8.06. The molecule has 0 saturated carbocycles. The van der Waals surface area contributed by atoms with Crippen molar-refractivity contribution in [1.29, 1.82) is 0 Å². The van der Waals surface area contributed by atoms with Crippen LogP contribution in [-0.2, 0) is 5.41 Å². The molecule has 5 heteroatoms. The number of nitrogens with two attached hydrogens (primary N) is 1. The van der Waals surface area contributed by atoms with Crippen LogP contribution in [0.15, 0.2) is 81.7 Å². The van der Waals surface area contributed by atoms with Crippen molar-refractivity contribution in [3.05, 3.63) is 93.4 Å². The largest absolute Gasteiger partial charge is 0.393 e. The van der Waals surface area contributed by atoms with Gasteiger partial charge in [0.2, 0.25) is 0 Å². The van der Waals surface area contributed by atoms with E-state index in [-0.39, 0.29) is 17.0 Å². The molecule has 2 aliphatic rings. The number of likely N-dealkylation sites (N-methyl/N-ethyl adjacent to an activating group) is 1. The monoisotopic (exact) mass is 488 g/mol. The highest BCUT2D eigenvalue weighted by Crippen LogP contribution is 2.47. The summed E-state index contributed by atoms with van der Waals surface area (Å²) in [6.45, 7) is 16.6. The number of hydrazine groups is 1. The predicted molar refractivity (Wildman–Crippen MR) is 151 cm³/mol. The number of hydrogen-bond acceptors (Lipinski definition) is 5. The van der Waals surface area contributed by atoms with Gasteiger partial charge in [0, 0.05) is 24.6 Å². The van der Waals surface area contributed by atoms with E-state index in [1.165, 1.54) is 16.7 Å². The Labute approximate surface area is 216 Å². The number of hydrogen-bond donors (Lipinski definition) is 1. The molecule has 35 heavy (non-hydrogen) atoms. The fourth-order valence-electron chi connectivity index (χ4n) is 5.73. The van der Waals surface area contributed by atoms with Crippen molar-refractivity contribution in [1.82, 2.24) is 10.0 Å². The second-order valence-electron chi connectivity index (χ2n) is 10.5. The highest BCUT2D eigenvalue weighted by Gasteiger charge is 2.45. The van der Waals surface area contributed by atoms with Crippen LogP contribution in [0.25, 0.3) is 0 Å². The van der Waals surface area contributed by atoms with Crippen molar-refractivity contribution < 1.29 is 0 Å². The van der Waals surface area contributed by atoms with Crippen LogP contribution in [0.5, 0.6) is 0 Å². The van der Waals surface area contributed by atoms with Gasteiger partial charge in [-0.15, -0.1) is 0 Å². The third kappa shape index (κ3) is 4.68. The summed E-state index contributed by atoms with van der Waals surface area (Å²) in [5.74, 6) is 1.00. The van der Waals surface area contributed by atoms with E-state index in [9.17, 15) is 0 Å². The average molecular weight is 489 g/mol. The van der Waals surface area contributed by atoms with Crippen LogP contribution in [0.3, 0.4) is 0 Å². The van der Waals surface area contributed by atoms with Crippen molar-refractivity contribution in [3.63, 3.8) is 0 Å². The molecule has 0 aliphatic carbocycles. The SMILES string of the molecule is C=C(SC(N)=C1CN(C)N2C1=NC(c1ccccc1)CC2(C)C)C(CC)(CC)c1ccc(C)cc1. The maximum Gasteiger partial charge on any atom is 0.146 e. The van der Waals surface area contributed by atoms with Crippen LogP contribution < -0.4 is 5.73 Å². The van der Waals surface area contributed by atoms with Gasteiger partial charge in [-0.05, 0) is 56.1 Å². The number of rotatable bonds is 7. The summed E-state index contributed by atoms with van der Waals surface area (Å²) in [4.78, 5) is 6.36. The van der Waals surface area contributed by atoms with Crippen molar-refractivity contribution in [2.24, 2.45) is 10.7 Å². The number of amidine groups is 1. The Balaban J connectivity index is 1.71. The van der Waals surface area contributed by atoms with E-state index in [0.29, 0.717) is 0 Å². The first kappa shape index (κ1) is 25.6.